The van der Waals surface area contributed by atoms with E-state index >= 15 is 0 Å². The van der Waals surface area contributed by atoms with Crippen LogP contribution in [0.25, 0.3) is 0 Å². The van der Waals surface area contributed by atoms with E-state index in [2.05, 4.69) is 10.6 Å². The fraction of sp³-hybridized carbons (Fsp3) is 0.462. The number of rotatable bonds is 4. The number of halogens is 1. The fourth-order valence-corrected chi connectivity index (χ4v) is 2.34. The molecule has 2 rings (SSSR count). The van der Waals surface area contributed by atoms with Crippen LogP contribution < -0.4 is 15.4 Å². The summed E-state index contributed by atoms with van der Waals surface area (Å²) in [5, 5.41) is 6.66. The first kappa shape index (κ1) is 13.2. The zero-order valence-corrected chi connectivity index (χ0v) is 11.1. The molecule has 0 radical (unpaired) electrons. The summed E-state index contributed by atoms with van der Waals surface area (Å²) in [6.45, 7) is 1.30. The monoisotopic (exact) mass is 268 g/mol. The Labute approximate surface area is 112 Å². The predicted octanol–water partition coefficient (Wildman–Crippen LogP) is 1.72. The summed E-state index contributed by atoms with van der Waals surface area (Å²) >= 11 is 6.10. The van der Waals surface area contributed by atoms with E-state index in [1.165, 1.54) is 0 Å². The van der Waals surface area contributed by atoms with Crippen LogP contribution in [0.15, 0.2) is 18.2 Å². The van der Waals surface area contributed by atoms with Crippen LogP contribution in [0.2, 0.25) is 5.02 Å². The molecular weight excluding hydrogens is 252 g/mol. The zero-order chi connectivity index (χ0) is 13.0. The molecular formula is C13H17ClN2O2. The second-order valence-electron chi connectivity index (χ2n) is 4.29. The van der Waals surface area contributed by atoms with Gasteiger partial charge in [-0.05, 0) is 31.5 Å². The summed E-state index contributed by atoms with van der Waals surface area (Å²) in [5.74, 6) is 0.719. The Hall–Kier alpha value is -1.26. The van der Waals surface area contributed by atoms with E-state index in [1.54, 1.807) is 13.2 Å². The van der Waals surface area contributed by atoms with E-state index in [-0.39, 0.29) is 11.9 Å². The van der Waals surface area contributed by atoms with Crippen molar-refractivity contribution in [2.45, 2.75) is 25.4 Å². The van der Waals surface area contributed by atoms with Crippen LogP contribution in [0.5, 0.6) is 5.75 Å². The smallest absolute Gasteiger partial charge is 0.237 e. The molecule has 1 aliphatic rings. The SMILES string of the molecule is COc1cccc(Cl)c1CNC(=O)[C@H]1CCCN1. The van der Waals surface area contributed by atoms with Gasteiger partial charge in [-0.15, -0.1) is 0 Å². The minimum absolute atomic E-state index is 0.0227. The zero-order valence-electron chi connectivity index (χ0n) is 10.3. The highest BCUT2D eigenvalue weighted by Gasteiger charge is 2.22. The second-order valence-corrected chi connectivity index (χ2v) is 4.69. The van der Waals surface area contributed by atoms with Crippen molar-refractivity contribution in [1.29, 1.82) is 0 Å². The number of methoxy groups -OCH3 is 1. The molecule has 1 atom stereocenters. The first-order valence-corrected chi connectivity index (χ1v) is 6.42. The first-order chi connectivity index (χ1) is 8.72. The van der Waals surface area contributed by atoms with E-state index in [1.807, 2.05) is 12.1 Å². The van der Waals surface area contributed by atoms with Crippen LogP contribution in [-0.2, 0) is 11.3 Å². The second kappa shape index (κ2) is 6.07. The number of benzene rings is 1. The van der Waals surface area contributed by atoms with Crippen molar-refractivity contribution in [1.82, 2.24) is 10.6 Å². The maximum atomic E-state index is 11.9. The van der Waals surface area contributed by atoms with Crippen molar-refractivity contribution in [3.8, 4) is 5.75 Å². The van der Waals surface area contributed by atoms with Crippen LogP contribution in [0.1, 0.15) is 18.4 Å². The van der Waals surface area contributed by atoms with Gasteiger partial charge in [-0.3, -0.25) is 4.79 Å². The quantitative estimate of drug-likeness (QED) is 0.874. The van der Waals surface area contributed by atoms with Crippen molar-refractivity contribution in [3.63, 3.8) is 0 Å². The fourth-order valence-electron chi connectivity index (χ4n) is 2.11. The van der Waals surface area contributed by atoms with Gasteiger partial charge in [0, 0.05) is 17.1 Å². The highest BCUT2D eigenvalue weighted by Crippen LogP contribution is 2.25. The molecule has 1 fully saturated rings. The molecule has 5 heteroatoms. The molecule has 18 heavy (non-hydrogen) atoms. The molecule has 0 saturated carbocycles. The summed E-state index contributed by atoms with van der Waals surface area (Å²) in [5.41, 5.74) is 0.813. The van der Waals surface area contributed by atoms with E-state index in [0.717, 1.165) is 24.9 Å². The average Bonchev–Trinajstić information content (AvgIpc) is 2.90. The van der Waals surface area contributed by atoms with Crippen LogP contribution in [-0.4, -0.2) is 25.6 Å². The van der Waals surface area contributed by atoms with Gasteiger partial charge in [-0.25, -0.2) is 0 Å². The van der Waals surface area contributed by atoms with E-state index in [4.69, 9.17) is 16.3 Å². The lowest BCUT2D eigenvalue weighted by Crippen LogP contribution is -2.40. The highest BCUT2D eigenvalue weighted by atomic mass is 35.5. The molecule has 0 spiro atoms. The molecule has 0 unspecified atom stereocenters. The predicted molar refractivity (Wildman–Crippen MR) is 70.9 cm³/mol. The van der Waals surface area contributed by atoms with Crippen molar-refractivity contribution in [2.75, 3.05) is 13.7 Å². The van der Waals surface area contributed by atoms with Crippen LogP contribution >= 0.6 is 11.6 Å². The Kier molecular flexibility index (Phi) is 4.44. The van der Waals surface area contributed by atoms with Crippen molar-refractivity contribution < 1.29 is 9.53 Å². The molecule has 98 valence electrons. The molecule has 1 saturated heterocycles. The van der Waals surface area contributed by atoms with E-state index in [0.29, 0.717) is 17.3 Å². The number of carbonyl (C=O) groups excluding carboxylic acids is 1. The van der Waals surface area contributed by atoms with Crippen LogP contribution in [0, 0.1) is 0 Å². The summed E-state index contributed by atoms with van der Waals surface area (Å²) < 4.78 is 5.23. The third-order valence-corrected chi connectivity index (χ3v) is 3.47. The first-order valence-electron chi connectivity index (χ1n) is 6.05. The minimum Gasteiger partial charge on any atom is -0.496 e. The summed E-state index contributed by atoms with van der Waals surface area (Å²) in [6.07, 6.45) is 1.94. The summed E-state index contributed by atoms with van der Waals surface area (Å²) in [7, 11) is 1.59. The summed E-state index contributed by atoms with van der Waals surface area (Å²) in [6, 6.07) is 5.38. The third kappa shape index (κ3) is 2.94. The Morgan fingerprint density at radius 1 is 1.61 bits per heavy atom. The van der Waals surface area contributed by atoms with Gasteiger partial charge in [-0.2, -0.15) is 0 Å². The lowest BCUT2D eigenvalue weighted by Gasteiger charge is -2.14. The highest BCUT2D eigenvalue weighted by molar-refractivity contribution is 6.31. The Morgan fingerprint density at radius 3 is 3.11 bits per heavy atom. The van der Waals surface area contributed by atoms with Gasteiger partial charge in [0.05, 0.1) is 13.2 Å². The molecule has 1 aromatic carbocycles. The van der Waals surface area contributed by atoms with Crippen LogP contribution in [0.4, 0.5) is 0 Å². The molecule has 2 N–H and O–H groups in total. The number of ether oxygens (including phenoxy) is 1. The van der Waals surface area contributed by atoms with Crippen molar-refractivity contribution in [2.24, 2.45) is 0 Å². The Morgan fingerprint density at radius 2 is 2.44 bits per heavy atom. The Bertz CT molecular complexity index is 431. The van der Waals surface area contributed by atoms with E-state index in [9.17, 15) is 4.79 Å². The number of carbonyl (C=O) groups is 1. The standard InChI is InChI=1S/C13H17ClN2O2/c1-18-12-6-2-4-10(14)9(12)8-16-13(17)11-5-3-7-15-11/h2,4,6,11,15H,3,5,7-8H2,1H3,(H,16,17)/t11-/m1/s1. The van der Waals surface area contributed by atoms with Gasteiger partial charge < -0.3 is 15.4 Å². The molecule has 0 aliphatic carbocycles. The molecule has 1 aromatic rings. The lowest BCUT2D eigenvalue weighted by atomic mass is 10.1. The topological polar surface area (TPSA) is 50.4 Å². The van der Waals surface area contributed by atoms with Crippen LogP contribution in [0.3, 0.4) is 0 Å². The number of hydrogen-bond donors (Lipinski definition) is 2. The maximum absolute atomic E-state index is 11.9. The molecule has 1 aliphatic heterocycles. The van der Waals surface area contributed by atoms with Gasteiger partial charge in [0.25, 0.3) is 0 Å². The normalized spacial score (nSPS) is 18.7. The Balaban J connectivity index is 1.99. The molecule has 1 heterocycles. The van der Waals surface area contributed by atoms with Gasteiger partial charge in [0.1, 0.15) is 5.75 Å². The minimum atomic E-state index is -0.0708. The van der Waals surface area contributed by atoms with Gasteiger partial charge in [0.15, 0.2) is 0 Å². The molecule has 0 aromatic heterocycles. The summed E-state index contributed by atoms with van der Waals surface area (Å²) in [4.78, 5) is 11.9. The lowest BCUT2D eigenvalue weighted by molar-refractivity contribution is -0.122. The van der Waals surface area contributed by atoms with Crippen molar-refractivity contribution >= 4 is 17.5 Å². The third-order valence-electron chi connectivity index (χ3n) is 3.11. The molecule has 0 bridgehead atoms. The average molecular weight is 269 g/mol. The number of hydrogen-bond acceptors (Lipinski definition) is 3. The van der Waals surface area contributed by atoms with E-state index < -0.39 is 0 Å². The van der Waals surface area contributed by atoms with Gasteiger partial charge >= 0.3 is 0 Å². The molecule has 1 amide bonds. The number of amides is 1. The molecule has 4 nitrogen and oxygen atoms in total. The van der Waals surface area contributed by atoms with Gasteiger partial charge in [0.2, 0.25) is 5.91 Å². The van der Waals surface area contributed by atoms with Gasteiger partial charge in [-0.1, -0.05) is 17.7 Å². The largest absolute Gasteiger partial charge is 0.496 e. The number of nitrogens with one attached hydrogen (secondary N) is 2. The van der Waals surface area contributed by atoms with Crippen molar-refractivity contribution in [3.05, 3.63) is 28.8 Å². The maximum Gasteiger partial charge on any atom is 0.237 e.